The van der Waals surface area contributed by atoms with E-state index < -0.39 is 5.97 Å². The molecular weight excluding hydrogens is 436 g/mol. The molecule has 0 atom stereocenters. The largest absolute Gasteiger partial charge is 0.497 e. The third-order valence-electron chi connectivity index (χ3n) is 5.59. The van der Waals surface area contributed by atoms with Gasteiger partial charge in [-0.1, -0.05) is 41.9 Å². The number of aromatic nitrogens is 2. The van der Waals surface area contributed by atoms with Gasteiger partial charge in [0, 0.05) is 21.7 Å². The fourth-order valence-corrected chi connectivity index (χ4v) is 4.21. The molecular formula is C27H21ClN2O3. The number of hydrogen-bond donors (Lipinski definition) is 0. The Hall–Kier alpha value is -3.83. The van der Waals surface area contributed by atoms with Crippen molar-refractivity contribution in [3.05, 3.63) is 89.6 Å². The molecule has 33 heavy (non-hydrogen) atoms. The van der Waals surface area contributed by atoms with E-state index in [1.54, 1.807) is 14.0 Å². The summed E-state index contributed by atoms with van der Waals surface area (Å²) in [5, 5.41) is 1.59. The fourth-order valence-electron chi connectivity index (χ4n) is 4.08. The zero-order chi connectivity index (χ0) is 22.9. The molecule has 2 aliphatic heterocycles. The van der Waals surface area contributed by atoms with E-state index >= 15 is 0 Å². The molecule has 2 aliphatic rings. The minimum atomic E-state index is -0.407. The number of halogens is 1. The summed E-state index contributed by atoms with van der Waals surface area (Å²) >= 11 is 6.13. The number of nitrogens with zero attached hydrogens (tertiary/aromatic N) is 2. The number of benzene rings is 3. The topological polar surface area (TPSA) is 53.3 Å². The van der Waals surface area contributed by atoms with Gasteiger partial charge in [-0.05, 0) is 61.0 Å². The molecule has 3 aromatic rings. The first-order valence-corrected chi connectivity index (χ1v) is 11.0. The van der Waals surface area contributed by atoms with Crippen LogP contribution in [0.4, 0.5) is 0 Å². The van der Waals surface area contributed by atoms with Crippen LogP contribution in [0.15, 0.2) is 78.9 Å². The van der Waals surface area contributed by atoms with Crippen LogP contribution in [0.5, 0.6) is 5.75 Å². The number of para-hydroxylation sites is 1. The van der Waals surface area contributed by atoms with E-state index in [4.69, 9.17) is 26.1 Å². The predicted octanol–water partition coefficient (Wildman–Crippen LogP) is 6.64. The SMILES string of the molecule is CCOC(=O)c1cc(-c2ccc(Cl)cc2)c2nc3ccccc3c-2n1-c1ccc(OC)cc1. The van der Waals surface area contributed by atoms with Crippen LogP contribution in [-0.4, -0.2) is 29.2 Å². The van der Waals surface area contributed by atoms with Crippen molar-refractivity contribution in [2.75, 3.05) is 13.7 Å². The Morgan fingerprint density at radius 1 is 1.00 bits per heavy atom. The molecule has 0 bridgehead atoms. The molecule has 5 rings (SSSR count). The summed E-state index contributed by atoms with van der Waals surface area (Å²) < 4.78 is 12.7. The monoisotopic (exact) mass is 456 g/mol. The number of ether oxygens (including phenoxy) is 2. The lowest BCUT2D eigenvalue weighted by molar-refractivity contribution is 0.0516. The Morgan fingerprint density at radius 3 is 2.42 bits per heavy atom. The van der Waals surface area contributed by atoms with E-state index in [1.807, 2.05) is 83.4 Å². The summed E-state index contributed by atoms with van der Waals surface area (Å²) in [4.78, 5) is 18.1. The van der Waals surface area contributed by atoms with Gasteiger partial charge < -0.3 is 14.0 Å². The number of carbonyl (C=O) groups is 1. The van der Waals surface area contributed by atoms with Gasteiger partial charge in [0.2, 0.25) is 0 Å². The summed E-state index contributed by atoms with van der Waals surface area (Å²) in [6.45, 7) is 2.07. The van der Waals surface area contributed by atoms with Gasteiger partial charge in [-0.25, -0.2) is 9.78 Å². The van der Waals surface area contributed by atoms with Crippen LogP contribution in [-0.2, 0) is 4.74 Å². The highest BCUT2D eigenvalue weighted by Gasteiger charge is 2.27. The van der Waals surface area contributed by atoms with E-state index in [0.29, 0.717) is 10.7 Å². The summed E-state index contributed by atoms with van der Waals surface area (Å²) in [5.41, 5.74) is 5.47. The Bertz CT molecular complexity index is 1420. The summed E-state index contributed by atoms with van der Waals surface area (Å²) in [7, 11) is 1.62. The van der Waals surface area contributed by atoms with Crippen LogP contribution < -0.4 is 4.74 Å². The van der Waals surface area contributed by atoms with Gasteiger partial charge in [0.05, 0.1) is 30.6 Å². The molecule has 0 aliphatic carbocycles. The smallest absolute Gasteiger partial charge is 0.355 e. The van der Waals surface area contributed by atoms with Gasteiger partial charge in [-0.15, -0.1) is 0 Å². The second-order valence-electron chi connectivity index (χ2n) is 7.53. The van der Waals surface area contributed by atoms with Gasteiger partial charge in [0.15, 0.2) is 0 Å². The number of methoxy groups -OCH3 is 1. The van der Waals surface area contributed by atoms with E-state index in [2.05, 4.69) is 0 Å². The van der Waals surface area contributed by atoms with Crippen LogP contribution in [0.3, 0.4) is 0 Å². The summed E-state index contributed by atoms with van der Waals surface area (Å²) in [5.74, 6) is 0.326. The molecule has 3 aromatic carbocycles. The van der Waals surface area contributed by atoms with Crippen molar-refractivity contribution in [3.63, 3.8) is 0 Å². The predicted molar refractivity (Wildman–Crippen MR) is 131 cm³/mol. The third-order valence-corrected chi connectivity index (χ3v) is 5.84. The second kappa shape index (κ2) is 8.60. The van der Waals surface area contributed by atoms with Gasteiger partial charge in [-0.3, -0.25) is 0 Å². The highest BCUT2D eigenvalue weighted by atomic mass is 35.5. The van der Waals surface area contributed by atoms with Crippen LogP contribution in [0.2, 0.25) is 5.02 Å². The minimum absolute atomic E-state index is 0.274. The van der Waals surface area contributed by atoms with Crippen LogP contribution in [0.25, 0.3) is 39.1 Å². The van der Waals surface area contributed by atoms with Crippen molar-refractivity contribution in [3.8, 4) is 34.0 Å². The third kappa shape index (κ3) is 3.70. The molecule has 0 saturated heterocycles. The highest BCUT2D eigenvalue weighted by Crippen LogP contribution is 2.41. The number of fused-ring (bicyclic) bond motifs is 3. The standard InChI is InChI=1S/C27H21ClN2O3/c1-3-33-27(31)24-16-22(17-8-10-18(28)11-9-17)25-26(21-6-4-5-7-23(21)29-25)30(24)19-12-14-20(32-2)15-13-19/h4-16H,3H2,1-2H3. The normalized spacial score (nSPS) is 11.1. The first-order chi connectivity index (χ1) is 16.1. The van der Waals surface area contributed by atoms with E-state index in [0.717, 1.165) is 44.9 Å². The van der Waals surface area contributed by atoms with Crippen molar-refractivity contribution in [2.45, 2.75) is 6.92 Å². The average molecular weight is 457 g/mol. The molecule has 6 heteroatoms. The van der Waals surface area contributed by atoms with Gasteiger partial charge >= 0.3 is 5.97 Å². The first kappa shape index (κ1) is 21.0. The number of hydrogen-bond acceptors (Lipinski definition) is 4. The molecule has 0 unspecified atom stereocenters. The molecule has 0 spiro atoms. The lowest BCUT2D eigenvalue weighted by atomic mass is 9.99. The first-order valence-electron chi connectivity index (χ1n) is 10.6. The maximum atomic E-state index is 13.2. The van der Waals surface area contributed by atoms with E-state index in [-0.39, 0.29) is 6.61 Å². The molecule has 0 saturated carbocycles. The Morgan fingerprint density at radius 2 is 1.73 bits per heavy atom. The lowest BCUT2D eigenvalue weighted by Crippen LogP contribution is -2.16. The number of esters is 1. The number of carbonyl (C=O) groups excluding carboxylic acids is 1. The van der Waals surface area contributed by atoms with Gasteiger partial charge in [0.1, 0.15) is 11.4 Å². The van der Waals surface area contributed by atoms with E-state index in [9.17, 15) is 4.79 Å². The molecule has 0 amide bonds. The van der Waals surface area contributed by atoms with Crippen molar-refractivity contribution < 1.29 is 14.3 Å². The molecule has 0 radical (unpaired) electrons. The van der Waals surface area contributed by atoms with Crippen molar-refractivity contribution >= 4 is 28.5 Å². The number of rotatable bonds is 5. The zero-order valence-electron chi connectivity index (χ0n) is 18.2. The molecule has 5 nitrogen and oxygen atoms in total. The summed E-state index contributed by atoms with van der Waals surface area (Å²) in [6.07, 6.45) is 0. The fraction of sp³-hybridized carbons (Fsp3) is 0.111. The minimum Gasteiger partial charge on any atom is -0.497 e. The molecule has 164 valence electrons. The molecule has 2 heterocycles. The average Bonchev–Trinajstić information content (AvgIpc) is 3.23. The maximum Gasteiger partial charge on any atom is 0.355 e. The van der Waals surface area contributed by atoms with Gasteiger partial charge in [-0.2, -0.15) is 0 Å². The lowest BCUT2D eigenvalue weighted by Gasteiger charge is -2.21. The van der Waals surface area contributed by atoms with Crippen molar-refractivity contribution in [1.29, 1.82) is 0 Å². The molecule has 0 fully saturated rings. The quantitative estimate of drug-likeness (QED) is 0.278. The van der Waals surface area contributed by atoms with Crippen molar-refractivity contribution in [1.82, 2.24) is 9.55 Å². The highest BCUT2D eigenvalue weighted by molar-refractivity contribution is 6.30. The maximum absolute atomic E-state index is 13.2. The van der Waals surface area contributed by atoms with E-state index in [1.165, 1.54) is 0 Å². The van der Waals surface area contributed by atoms with Crippen LogP contribution in [0, 0.1) is 0 Å². The molecule has 0 N–H and O–H groups in total. The zero-order valence-corrected chi connectivity index (χ0v) is 19.0. The van der Waals surface area contributed by atoms with Gasteiger partial charge in [0.25, 0.3) is 0 Å². The summed E-state index contributed by atoms with van der Waals surface area (Å²) in [6, 6.07) is 24.9. The Balaban J connectivity index is 1.90. The Kier molecular flexibility index (Phi) is 5.48. The molecule has 0 aromatic heterocycles. The van der Waals surface area contributed by atoms with Crippen LogP contribution in [0.1, 0.15) is 17.4 Å². The second-order valence-corrected chi connectivity index (χ2v) is 7.97. The van der Waals surface area contributed by atoms with Crippen molar-refractivity contribution in [2.24, 2.45) is 0 Å². The Labute approximate surface area is 196 Å². The number of pyridine rings is 1. The van der Waals surface area contributed by atoms with Crippen LogP contribution >= 0.6 is 11.6 Å².